The van der Waals surface area contributed by atoms with Crippen molar-refractivity contribution < 1.29 is 29.0 Å². The maximum absolute atomic E-state index is 12.9. The van der Waals surface area contributed by atoms with Crippen molar-refractivity contribution in [3.63, 3.8) is 0 Å². The summed E-state index contributed by atoms with van der Waals surface area (Å²) in [7, 11) is 4.29. The van der Waals surface area contributed by atoms with Gasteiger partial charge >= 0.3 is 5.97 Å². The van der Waals surface area contributed by atoms with E-state index < -0.39 is 17.5 Å². The van der Waals surface area contributed by atoms with E-state index in [0.717, 1.165) is 68.9 Å². The number of carbonyl (C=O) groups is 2. The van der Waals surface area contributed by atoms with Crippen molar-refractivity contribution in [3.8, 4) is 0 Å². The largest absolute Gasteiger partial charge is 0.550 e. The van der Waals surface area contributed by atoms with E-state index in [1.807, 2.05) is 37.3 Å². The van der Waals surface area contributed by atoms with Gasteiger partial charge in [-0.15, -0.1) is 0 Å². The minimum absolute atomic E-state index is 0.0405. The zero-order chi connectivity index (χ0) is 22.9. The summed E-state index contributed by atoms with van der Waals surface area (Å²) in [5, 5.41) is 21.1. The first-order valence-corrected chi connectivity index (χ1v) is 11.7. The van der Waals surface area contributed by atoms with Crippen LogP contribution in [0.15, 0.2) is 30.3 Å². The smallest absolute Gasteiger partial charge is 0.343 e. The molecule has 174 valence electrons. The molecule has 0 amide bonds. The minimum Gasteiger partial charge on any atom is -0.550 e. The Morgan fingerprint density at radius 2 is 1.77 bits per heavy atom. The number of nitrogens with zero attached hydrogens (tertiary/aromatic N) is 1. The Hall–Kier alpha value is -1.92. The lowest BCUT2D eigenvalue weighted by atomic mass is 9.80. The molecular formula is C25H39NO5. The fourth-order valence-corrected chi connectivity index (χ4v) is 4.64. The van der Waals surface area contributed by atoms with Crippen LogP contribution in [0.2, 0.25) is 0 Å². The molecule has 2 fully saturated rings. The van der Waals surface area contributed by atoms with Crippen LogP contribution in [0.25, 0.3) is 0 Å². The van der Waals surface area contributed by atoms with Crippen LogP contribution in [-0.2, 0) is 19.9 Å². The molecule has 0 spiro atoms. The fraction of sp³-hybridized carbons (Fsp3) is 0.680. The average Bonchev–Trinajstić information content (AvgIpc) is 3.38. The second kappa shape index (κ2) is 11.6. The number of quaternary nitrogens is 1. The van der Waals surface area contributed by atoms with Crippen LogP contribution in [0.1, 0.15) is 70.3 Å². The number of unbranched alkanes of at least 4 members (excludes halogenated alkanes) is 2. The van der Waals surface area contributed by atoms with Gasteiger partial charge in [-0.05, 0) is 31.2 Å². The van der Waals surface area contributed by atoms with E-state index in [1.165, 1.54) is 0 Å². The summed E-state index contributed by atoms with van der Waals surface area (Å²) in [5.74, 6) is -1.43. The topological polar surface area (TPSA) is 86.7 Å². The molecule has 2 atom stereocenters. The molecule has 1 aromatic carbocycles. The maximum atomic E-state index is 12.9. The van der Waals surface area contributed by atoms with Crippen molar-refractivity contribution >= 4 is 11.9 Å². The highest BCUT2D eigenvalue weighted by Crippen LogP contribution is 2.42. The van der Waals surface area contributed by atoms with Crippen molar-refractivity contribution in [2.75, 3.05) is 27.2 Å². The Kier molecular flexibility index (Phi) is 9.51. The summed E-state index contributed by atoms with van der Waals surface area (Å²) >= 11 is 0. The van der Waals surface area contributed by atoms with E-state index in [2.05, 4.69) is 14.1 Å². The predicted octanol–water partition coefficient (Wildman–Crippen LogP) is 2.77. The van der Waals surface area contributed by atoms with Gasteiger partial charge in [0.1, 0.15) is 6.54 Å². The van der Waals surface area contributed by atoms with Gasteiger partial charge in [-0.3, -0.25) is 0 Å². The van der Waals surface area contributed by atoms with Crippen LogP contribution in [-0.4, -0.2) is 54.8 Å². The molecule has 3 rings (SSSR count). The first-order chi connectivity index (χ1) is 14.7. The van der Waals surface area contributed by atoms with Crippen molar-refractivity contribution in [1.82, 2.24) is 0 Å². The van der Waals surface area contributed by atoms with Crippen molar-refractivity contribution in [2.24, 2.45) is 5.92 Å². The molecular weight excluding hydrogens is 394 g/mol. The molecule has 1 heterocycles. The molecule has 2 aliphatic rings. The molecule has 6 nitrogen and oxygen atoms in total. The van der Waals surface area contributed by atoms with Gasteiger partial charge in [0.2, 0.25) is 0 Å². The molecule has 1 aliphatic carbocycles. The lowest BCUT2D eigenvalue weighted by molar-refractivity contribution is -0.879. The monoisotopic (exact) mass is 433 g/mol. The van der Waals surface area contributed by atoms with Gasteiger partial charge in [0.05, 0.1) is 20.6 Å². The predicted molar refractivity (Wildman–Crippen MR) is 118 cm³/mol. The number of hydrogen-bond acceptors (Lipinski definition) is 5. The average molecular weight is 434 g/mol. The number of likely N-dealkylation sites (N-methyl/N-ethyl adjacent to an activating group) is 1. The van der Waals surface area contributed by atoms with Crippen LogP contribution in [0, 0.1) is 5.92 Å². The first-order valence-electron chi connectivity index (χ1n) is 11.7. The third-order valence-electron chi connectivity index (χ3n) is 6.48. The van der Waals surface area contributed by atoms with E-state index in [-0.39, 0.29) is 18.4 Å². The van der Waals surface area contributed by atoms with Gasteiger partial charge in [-0.1, -0.05) is 62.9 Å². The second-order valence-electron chi connectivity index (χ2n) is 9.60. The number of benzene rings is 1. The third-order valence-corrected chi connectivity index (χ3v) is 6.48. The summed E-state index contributed by atoms with van der Waals surface area (Å²) in [6, 6.07) is 9.33. The number of ether oxygens (including phenoxy) is 1. The van der Waals surface area contributed by atoms with Crippen LogP contribution in [0.5, 0.6) is 0 Å². The number of carbonyl (C=O) groups excluding carboxylic acids is 2. The van der Waals surface area contributed by atoms with Gasteiger partial charge < -0.3 is 24.2 Å². The summed E-state index contributed by atoms with van der Waals surface area (Å²) in [6.07, 6.45) is 7.72. The number of rotatable bonds is 8. The van der Waals surface area contributed by atoms with Gasteiger partial charge in [0.25, 0.3) is 0 Å². The standard InChI is InChI=1S/C19H28NO3.C6H12O2/c1-20(2)13-12-17(14-20)23-18(21)19(22,16-10-6-7-11-16)15-8-4-3-5-9-15;1-2-3-4-5-6(7)8/h3-5,8-9,16-17,22H,6-7,10-14H2,1-2H3;2-5H2,1H3,(H,7,8)/q+1;/p-1. The molecule has 1 saturated carbocycles. The quantitative estimate of drug-likeness (QED) is 0.387. The number of aliphatic hydroxyl groups is 1. The fourth-order valence-electron chi connectivity index (χ4n) is 4.64. The van der Waals surface area contributed by atoms with Crippen molar-refractivity contribution in [1.29, 1.82) is 0 Å². The molecule has 1 saturated heterocycles. The summed E-state index contributed by atoms with van der Waals surface area (Å²) in [5.41, 5.74) is -0.832. The minimum atomic E-state index is -1.50. The zero-order valence-corrected chi connectivity index (χ0v) is 19.3. The van der Waals surface area contributed by atoms with E-state index in [4.69, 9.17) is 4.74 Å². The van der Waals surface area contributed by atoms with Gasteiger partial charge in [-0.25, -0.2) is 4.79 Å². The number of likely N-dealkylation sites (tertiary alicyclic amines) is 1. The highest BCUT2D eigenvalue weighted by atomic mass is 16.6. The Bertz CT molecular complexity index is 699. The number of esters is 1. The summed E-state index contributed by atoms with van der Waals surface area (Å²) in [6.45, 7) is 3.86. The van der Waals surface area contributed by atoms with E-state index >= 15 is 0 Å². The molecule has 0 aromatic heterocycles. The van der Waals surface area contributed by atoms with Crippen LogP contribution in [0.4, 0.5) is 0 Å². The zero-order valence-electron chi connectivity index (χ0n) is 19.3. The Balaban J connectivity index is 0.000000366. The van der Waals surface area contributed by atoms with Gasteiger partial charge in [-0.2, -0.15) is 0 Å². The number of carboxylic acids is 1. The van der Waals surface area contributed by atoms with E-state index in [1.54, 1.807) is 0 Å². The maximum Gasteiger partial charge on any atom is 0.343 e. The highest BCUT2D eigenvalue weighted by molar-refractivity contribution is 5.81. The van der Waals surface area contributed by atoms with Gasteiger partial charge in [0, 0.05) is 18.3 Å². The number of hydrogen-bond donors (Lipinski definition) is 1. The Morgan fingerprint density at radius 1 is 1.13 bits per heavy atom. The summed E-state index contributed by atoms with van der Waals surface area (Å²) < 4.78 is 6.64. The van der Waals surface area contributed by atoms with Crippen LogP contribution in [0.3, 0.4) is 0 Å². The molecule has 0 radical (unpaired) electrons. The van der Waals surface area contributed by atoms with E-state index in [0.29, 0.717) is 5.56 Å². The molecule has 2 unspecified atom stereocenters. The Morgan fingerprint density at radius 3 is 2.29 bits per heavy atom. The SMILES string of the molecule is CCCCCC(=O)[O-].C[N+]1(C)CCC(OC(=O)C(O)(c2ccccc2)C2CCCC2)C1. The first kappa shape index (κ1) is 25.3. The molecule has 6 heteroatoms. The highest BCUT2D eigenvalue weighted by Gasteiger charge is 2.49. The molecule has 0 bridgehead atoms. The van der Waals surface area contributed by atoms with Crippen molar-refractivity contribution in [2.45, 2.75) is 76.4 Å². The van der Waals surface area contributed by atoms with E-state index in [9.17, 15) is 19.8 Å². The lowest BCUT2D eigenvalue weighted by Gasteiger charge is -2.33. The lowest BCUT2D eigenvalue weighted by Crippen LogP contribution is -2.46. The molecule has 1 aromatic rings. The summed E-state index contributed by atoms with van der Waals surface area (Å²) in [4.78, 5) is 22.7. The second-order valence-corrected chi connectivity index (χ2v) is 9.60. The van der Waals surface area contributed by atoms with Crippen molar-refractivity contribution in [3.05, 3.63) is 35.9 Å². The number of carboxylic acid groups (broad SMARTS) is 1. The Labute approximate surface area is 186 Å². The number of aliphatic carboxylic acids is 1. The normalized spacial score (nSPS) is 22.3. The molecule has 1 N–H and O–H groups in total. The van der Waals surface area contributed by atoms with Gasteiger partial charge in [0.15, 0.2) is 11.7 Å². The molecule has 1 aliphatic heterocycles. The third kappa shape index (κ3) is 7.32. The van der Waals surface area contributed by atoms with Crippen LogP contribution >= 0.6 is 0 Å². The molecule has 31 heavy (non-hydrogen) atoms. The van der Waals surface area contributed by atoms with Crippen LogP contribution < -0.4 is 5.11 Å².